The Kier molecular flexibility index (Phi) is 11.3. The topological polar surface area (TPSA) is 130 Å². The Hall–Kier alpha value is -2.00. The molecule has 8 nitrogen and oxygen atoms in total. The van der Waals surface area contributed by atoms with Gasteiger partial charge in [0.1, 0.15) is 30.5 Å². The second-order valence-corrected chi connectivity index (χ2v) is 10.7. The zero-order valence-electron chi connectivity index (χ0n) is 21.9. The molecule has 0 amide bonds. The van der Waals surface area contributed by atoms with Gasteiger partial charge < -0.3 is 24.5 Å². The zero-order chi connectivity index (χ0) is 27.0. The van der Waals surface area contributed by atoms with Crippen LogP contribution < -0.4 is 0 Å². The number of hydrogen-bond acceptors (Lipinski definition) is 8. The third kappa shape index (κ3) is 8.00. The number of aromatic nitrogens is 1. The Morgan fingerprint density at radius 1 is 1.31 bits per heavy atom. The molecule has 2 heterocycles. The Bertz CT molecular complexity index is 952. The van der Waals surface area contributed by atoms with Crippen LogP contribution in [0.1, 0.15) is 84.7 Å². The largest absolute Gasteiger partial charge is 0.456 e. The van der Waals surface area contributed by atoms with Crippen molar-refractivity contribution in [3.05, 3.63) is 34.5 Å². The van der Waals surface area contributed by atoms with E-state index >= 15 is 0 Å². The molecule has 0 saturated carbocycles. The molecule has 0 bridgehead atoms. The van der Waals surface area contributed by atoms with Crippen molar-refractivity contribution >= 4 is 29.4 Å². The van der Waals surface area contributed by atoms with Crippen molar-refractivity contribution < 1.29 is 34.1 Å². The molecule has 1 aliphatic heterocycles. The number of oxazole rings is 1. The number of aliphatic hydroxyl groups is 3. The molecule has 1 aromatic rings. The number of aliphatic hydroxyl groups excluding tert-OH is 3. The number of carbonyl (C=O) groups is 2. The zero-order valence-corrected chi connectivity index (χ0v) is 22.6. The molecular weight excluding hydrogens is 486 g/mol. The molecule has 0 radical (unpaired) electrons. The van der Waals surface area contributed by atoms with Crippen LogP contribution in [0.4, 0.5) is 0 Å². The first kappa shape index (κ1) is 30.2. The lowest BCUT2D eigenvalue weighted by atomic mass is 9.71. The molecule has 0 spiro atoms. The maximum Gasteiger partial charge on any atom is 0.309 e. The van der Waals surface area contributed by atoms with Crippen LogP contribution in [0.2, 0.25) is 0 Å². The number of hydrogen-bond donors (Lipinski definition) is 3. The Morgan fingerprint density at radius 3 is 2.61 bits per heavy atom. The summed E-state index contributed by atoms with van der Waals surface area (Å²) in [5.41, 5.74) is 0.199. The van der Waals surface area contributed by atoms with Crippen LogP contribution >= 0.6 is 11.6 Å². The summed E-state index contributed by atoms with van der Waals surface area (Å²) in [6, 6.07) is 0. The molecule has 0 aromatic carbocycles. The first-order valence-electron chi connectivity index (χ1n) is 12.6. The number of nitrogens with zero attached hydrogens (tertiary/aromatic N) is 1. The van der Waals surface area contributed by atoms with Gasteiger partial charge in [0.25, 0.3) is 0 Å². The number of esters is 1. The van der Waals surface area contributed by atoms with Crippen LogP contribution in [0, 0.1) is 17.3 Å². The van der Waals surface area contributed by atoms with Gasteiger partial charge in [0.15, 0.2) is 0 Å². The molecule has 5 atom stereocenters. The quantitative estimate of drug-likeness (QED) is 0.385. The fourth-order valence-electron chi connectivity index (χ4n) is 4.44. The summed E-state index contributed by atoms with van der Waals surface area (Å²) < 4.78 is 10.8. The third-order valence-corrected chi connectivity index (χ3v) is 7.44. The number of cyclic esters (lactones) is 1. The van der Waals surface area contributed by atoms with Crippen LogP contribution in [0.25, 0.3) is 6.08 Å². The Balaban J connectivity index is 2.35. The molecule has 202 valence electrons. The van der Waals surface area contributed by atoms with Crippen molar-refractivity contribution in [3.8, 4) is 0 Å². The summed E-state index contributed by atoms with van der Waals surface area (Å²) in [7, 11) is 0. The van der Waals surface area contributed by atoms with Gasteiger partial charge in [-0.2, -0.15) is 0 Å². The Morgan fingerprint density at radius 2 is 2.00 bits per heavy atom. The fraction of sp³-hybridized carbons (Fsp3) is 0.667. The van der Waals surface area contributed by atoms with Crippen molar-refractivity contribution in [2.75, 3.05) is 0 Å². The monoisotopic (exact) mass is 525 g/mol. The predicted octanol–water partition coefficient (Wildman–Crippen LogP) is 4.55. The SMILES string of the molecule is CC[C@H]1C(=O)C(C)(C)[C@@H](O)CC(=O)O[C@H](C(Cl)=Cc2coc(CO)n2)CC=C(C)CCC[C@H](C)[C@@H]1O. The van der Waals surface area contributed by atoms with Gasteiger partial charge in [-0.25, -0.2) is 4.98 Å². The van der Waals surface area contributed by atoms with Gasteiger partial charge in [-0.15, -0.1) is 0 Å². The van der Waals surface area contributed by atoms with E-state index in [2.05, 4.69) is 4.98 Å². The molecule has 9 heteroatoms. The molecule has 1 aliphatic rings. The van der Waals surface area contributed by atoms with E-state index in [4.69, 9.17) is 25.9 Å². The third-order valence-electron chi connectivity index (χ3n) is 7.08. The van der Waals surface area contributed by atoms with Crippen molar-refractivity contribution in [3.63, 3.8) is 0 Å². The van der Waals surface area contributed by atoms with Crippen LogP contribution in [-0.4, -0.2) is 50.4 Å². The van der Waals surface area contributed by atoms with Gasteiger partial charge in [-0.05, 0) is 44.6 Å². The second kappa shape index (κ2) is 13.5. The summed E-state index contributed by atoms with van der Waals surface area (Å²) in [5.74, 6) is -1.56. The van der Waals surface area contributed by atoms with Crippen LogP contribution in [0.5, 0.6) is 0 Å². The maximum atomic E-state index is 13.4. The number of ketones is 1. The van der Waals surface area contributed by atoms with Crippen LogP contribution in [0.3, 0.4) is 0 Å². The Labute approximate surface area is 218 Å². The fourth-order valence-corrected chi connectivity index (χ4v) is 4.68. The molecule has 36 heavy (non-hydrogen) atoms. The summed E-state index contributed by atoms with van der Waals surface area (Å²) >= 11 is 6.51. The minimum Gasteiger partial charge on any atom is -0.456 e. The standard InChI is InChI=1S/C27H40ClNO7/c1-6-19-25(33)17(3)9-7-8-16(2)10-11-21(20(28)12-18-15-35-23(14-30)29-18)36-24(32)13-22(31)27(4,5)26(19)34/h10,12,15,17,19,21-22,25,30-31,33H,6-9,11,13-14H2,1-5H3/t17-,19+,21-,22-,25-/m0/s1. The van der Waals surface area contributed by atoms with E-state index in [1.165, 1.54) is 12.3 Å². The van der Waals surface area contributed by atoms with Gasteiger partial charge >= 0.3 is 5.97 Å². The molecule has 0 aliphatic carbocycles. The van der Waals surface area contributed by atoms with Gasteiger partial charge in [0, 0.05) is 12.3 Å². The average molecular weight is 526 g/mol. The maximum absolute atomic E-state index is 13.4. The van der Waals surface area contributed by atoms with Crippen LogP contribution in [0.15, 0.2) is 27.4 Å². The van der Waals surface area contributed by atoms with Crippen molar-refractivity contribution in [1.82, 2.24) is 4.98 Å². The highest BCUT2D eigenvalue weighted by Gasteiger charge is 2.43. The van der Waals surface area contributed by atoms with Crippen molar-refractivity contribution in [2.45, 2.75) is 98.1 Å². The predicted molar refractivity (Wildman–Crippen MR) is 137 cm³/mol. The molecular formula is C27H40ClNO7. The highest BCUT2D eigenvalue weighted by molar-refractivity contribution is 6.32. The van der Waals surface area contributed by atoms with Gasteiger partial charge in [0.2, 0.25) is 5.89 Å². The van der Waals surface area contributed by atoms with E-state index in [0.29, 0.717) is 18.5 Å². The summed E-state index contributed by atoms with van der Waals surface area (Å²) in [4.78, 5) is 30.3. The number of Topliss-reactive ketones (excluding diaryl/α,β-unsaturated/α-hetero) is 1. The molecule has 0 unspecified atom stereocenters. The first-order chi connectivity index (χ1) is 16.9. The van der Waals surface area contributed by atoms with E-state index in [-0.39, 0.29) is 29.2 Å². The van der Waals surface area contributed by atoms with Gasteiger partial charge in [-0.3, -0.25) is 9.59 Å². The average Bonchev–Trinajstić information content (AvgIpc) is 3.28. The minimum absolute atomic E-state index is 0.0890. The van der Waals surface area contributed by atoms with E-state index in [0.717, 1.165) is 24.8 Å². The molecule has 0 fully saturated rings. The summed E-state index contributed by atoms with van der Waals surface area (Å²) in [6.07, 6.45) is 4.56. The lowest BCUT2D eigenvalue weighted by Crippen LogP contribution is -2.46. The first-order valence-corrected chi connectivity index (χ1v) is 13.0. The summed E-state index contributed by atoms with van der Waals surface area (Å²) in [5, 5.41) is 31.2. The number of ether oxygens (including phenoxy) is 1. The van der Waals surface area contributed by atoms with Crippen molar-refractivity contribution in [2.24, 2.45) is 17.3 Å². The molecule has 3 N–H and O–H groups in total. The second-order valence-electron chi connectivity index (χ2n) is 10.3. The van der Waals surface area contributed by atoms with E-state index < -0.39 is 42.0 Å². The lowest BCUT2D eigenvalue weighted by Gasteiger charge is -2.35. The number of carbonyl (C=O) groups excluding carboxylic acids is 2. The van der Waals surface area contributed by atoms with Gasteiger partial charge in [0.05, 0.1) is 29.1 Å². The highest BCUT2D eigenvalue weighted by Crippen LogP contribution is 2.34. The molecule has 0 saturated heterocycles. The number of rotatable bonds is 4. The molecule has 2 rings (SSSR count). The van der Waals surface area contributed by atoms with Gasteiger partial charge in [-0.1, -0.05) is 50.9 Å². The minimum atomic E-state index is -1.30. The normalized spacial score (nSPS) is 29.5. The smallest absolute Gasteiger partial charge is 0.309 e. The molecule has 1 aromatic heterocycles. The summed E-state index contributed by atoms with van der Waals surface area (Å²) in [6.45, 7) is 8.60. The van der Waals surface area contributed by atoms with Crippen molar-refractivity contribution in [1.29, 1.82) is 0 Å². The van der Waals surface area contributed by atoms with Crippen LogP contribution in [-0.2, 0) is 20.9 Å². The number of allylic oxidation sites excluding steroid dienone is 1. The lowest BCUT2D eigenvalue weighted by molar-refractivity contribution is -0.154. The van der Waals surface area contributed by atoms with E-state index in [1.807, 2.05) is 26.8 Å². The van der Waals surface area contributed by atoms with E-state index in [1.54, 1.807) is 13.8 Å². The highest BCUT2D eigenvalue weighted by atomic mass is 35.5. The van der Waals surface area contributed by atoms with E-state index in [9.17, 15) is 19.8 Å². The number of halogens is 1.